The Bertz CT molecular complexity index is 3730. The molecule has 0 radical (unpaired) electrons. The van der Waals surface area contributed by atoms with Gasteiger partial charge < -0.3 is 4.90 Å². The number of fused-ring (bicyclic) bond motifs is 6. The monoisotopic (exact) mass is 905 g/mol. The highest BCUT2D eigenvalue weighted by Gasteiger charge is 2.47. The Morgan fingerprint density at radius 3 is 1.13 bits per heavy atom. The lowest BCUT2D eigenvalue weighted by Crippen LogP contribution is -2.29. The van der Waals surface area contributed by atoms with Crippen LogP contribution in [0.4, 0.5) is 17.1 Å². The van der Waals surface area contributed by atoms with Crippen molar-refractivity contribution < 1.29 is 0 Å². The fourth-order valence-electron chi connectivity index (χ4n) is 11.8. The molecule has 2 aliphatic rings. The molecule has 13 rings (SSSR count). The van der Waals surface area contributed by atoms with Gasteiger partial charge in [-0.1, -0.05) is 244 Å². The molecular formula is C70H51N. The molecule has 0 heterocycles. The second-order valence-corrected chi connectivity index (χ2v) is 19.6. The normalized spacial score (nSPS) is 14.8. The van der Waals surface area contributed by atoms with Crippen LogP contribution in [-0.4, -0.2) is 0 Å². The van der Waals surface area contributed by atoms with Crippen molar-refractivity contribution in [3.63, 3.8) is 0 Å². The van der Waals surface area contributed by atoms with Crippen LogP contribution in [-0.2, 0) is 10.8 Å². The van der Waals surface area contributed by atoms with Crippen LogP contribution >= 0.6 is 0 Å². The number of rotatable bonds is 9. The van der Waals surface area contributed by atoms with Crippen LogP contribution in [0.3, 0.4) is 0 Å². The van der Waals surface area contributed by atoms with Gasteiger partial charge in [-0.25, -0.2) is 0 Å². The molecule has 71 heavy (non-hydrogen) atoms. The van der Waals surface area contributed by atoms with Gasteiger partial charge in [0, 0.05) is 22.5 Å². The van der Waals surface area contributed by atoms with E-state index in [1.807, 2.05) is 0 Å². The molecule has 0 N–H and O–H groups in total. The lowest BCUT2D eigenvalue weighted by molar-refractivity contribution is 0.660. The number of nitrogens with zero attached hydrogens (tertiary/aromatic N) is 1. The van der Waals surface area contributed by atoms with E-state index in [1.54, 1.807) is 0 Å². The smallest absolute Gasteiger partial charge is 0.0714 e. The minimum atomic E-state index is -0.651. The van der Waals surface area contributed by atoms with Gasteiger partial charge in [0.25, 0.3) is 0 Å². The highest BCUT2D eigenvalue weighted by atomic mass is 15.1. The van der Waals surface area contributed by atoms with Crippen molar-refractivity contribution in [1.29, 1.82) is 0 Å². The Balaban J connectivity index is 1.03. The standard InChI is InChI=1S/C70H51N/c1-69(2)65-26-16-15-25-61(65)62-43-40-59(46-66(62)69)71(58-38-33-53(34-39-58)50-21-11-5-12-22-50)60-41-44-64-63-42-35-55(54-29-27-51(28-30-54)48-17-7-3-8-18-48)45-67(63)70(68(64)47-60,56-23-13-6-14-24-56)57-36-31-52(32-37-57)49-19-9-4-10-20-49/h3-47H,1-2H3. The molecular weight excluding hydrogens is 855 g/mol. The Kier molecular flexibility index (Phi) is 10.1. The molecule has 0 bridgehead atoms. The van der Waals surface area contributed by atoms with Gasteiger partial charge in [-0.2, -0.15) is 0 Å². The summed E-state index contributed by atoms with van der Waals surface area (Å²) >= 11 is 0. The quantitative estimate of drug-likeness (QED) is 0.139. The Morgan fingerprint density at radius 2 is 0.577 bits per heavy atom. The molecule has 11 aromatic rings. The van der Waals surface area contributed by atoms with E-state index >= 15 is 0 Å². The lowest BCUT2D eigenvalue weighted by atomic mass is 9.67. The first-order chi connectivity index (χ1) is 34.9. The molecule has 0 saturated carbocycles. The maximum absolute atomic E-state index is 2.50. The summed E-state index contributed by atoms with van der Waals surface area (Å²) in [5.74, 6) is 0. The summed E-state index contributed by atoms with van der Waals surface area (Å²) in [5, 5.41) is 0. The van der Waals surface area contributed by atoms with E-state index in [9.17, 15) is 0 Å². The SMILES string of the molecule is CC1(C)c2ccccc2-c2ccc(N(c3ccc(-c4ccccc4)cc3)c3ccc4c(c3)C(c3ccccc3)(c3ccc(-c5ccccc5)cc3)c3cc(-c5ccc(-c6ccccc6)cc5)ccc3-4)cc21. The lowest BCUT2D eigenvalue weighted by Gasteiger charge is -2.35. The summed E-state index contributed by atoms with van der Waals surface area (Å²) in [5.41, 5.74) is 25.0. The van der Waals surface area contributed by atoms with Crippen LogP contribution in [0.2, 0.25) is 0 Å². The number of hydrogen-bond donors (Lipinski definition) is 0. The fourth-order valence-corrected chi connectivity index (χ4v) is 11.8. The first kappa shape index (κ1) is 42.3. The van der Waals surface area contributed by atoms with Crippen molar-refractivity contribution in [2.45, 2.75) is 24.7 Å². The van der Waals surface area contributed by atoms with Crippen LogP contribution in [0.1, 0.15) is 47.2 Å². The van der Waals surface area contributed by atoms with Crippen molar-refractivity contribution in [1.82, 2.24) is 0 Å². The third-order valence-corrected chi connectivity index (χ3v) is 15.4. The Hall–Kier alpha value is -8.78. The van der Waals surface area contributed by atoms with Crippen molar-refractivity contribution in [2.24, 2.45) is 0 Å². The van der Waals surface area contributed by atoms with Crippen molar-refractivity contribution in [2.75, 3.05) is 4.90 Å². The van der Waals surface area contributed by atoms with E-state index in [0.29, 0.717) is 0 Å². The zero-order valence-corrected chi connectivity index (χ0v) is 39.9. The van der Waals surface area contributed by atoms with Crippen LogP contribution < -0.4 is 4.90 Å². The fraction of sp³-hybridized carbons (Fsp3) is 0.0571. The Labute approximate surface area is 417 Å². The first-order valence-electron chi connectivity index (χ1n) is 24.8. The van der Waals surface area contributed by atoms with Crippen molar-refractivity contribution in [3.05, 3.63) is 306 Å². The van der Waals surface area contributed by atoms with E-state index < -0.39 is 5.41 Å². The van der Waals surface area contributed by atoms with Gasteiger partial charge in [0.2, 0.25) is 0 Å². The molecule has 0 amide bonds. The van der Waals surface area contributed by atoms with E-state index in [1.165, 1.54) is 100 Å². The van der Waals surface area contributed by atoms with Gasteiger partial charge in [-0.3, -0.25) is 0 Å². The predicted octanol–water partition coefficient (Wildman–Crippen LogP) is 18.5. The van der Waals surface area contributed by atoms with Crippen LogP contribution in [0.5, 0.6) is 0 Å². The van der Waals surface area contributed by atoms with E-state index in [-0.39, 0.29) is 5.41 Å². The molecule has 0 saturated heterocycles. The van der Waals surface area contributed by atoms with Gasteiger partial charge >= 0.3 is 0 Å². The summed E-state index contributed by atoms with van der Waals surface area (Å²) in [6.07, 6.45) is 0. The van der Waals surface area contributed by atoms with Gasteiger partial charge in [0.15, 0.2) is 0 Å². The molecule has 0 aromatic heterocycles. The Morgan fingerprint density at radius 1 is 0.239 bits per heavy atom. The van der Waals surface area contributed by atoms with Crippen molar-refractivity contribution in [3.8, 4) is 66.8 Å². The van der Waals surface area contributed by atoms with Gasteiger partial charge in [0.1, 0.15) is 0 Å². The average molecular weight is 906 g/mol. The molecule has 0 spiro atoms. The second-order valence-electron chi connectivity index (χ2n) is 19.6. The third kappa shape index (κ3) is 6.99. The predicted molar refractivity (Wildman–Crippen MR) is 298 cm³/mol. The van der Waals surface area contributed by atoms with E-state index in [4.69, 9.17) is 0 Å². The van der Waals surface area contributed by atoms with E-state index in [0.717, 1.165) is 17.1 Å². The minimum Gasteiger partial charge on any atom is -0.310 e. The summed E-state index contributed by atoms with van der Waals surface area (Å²) in [6.45, 7) is 4.74. The topological polar surface area (TPSA) is 3.24 Å². The number of benzene rings is 11. The molecule has 2 aliphatic carbocycles. The van der Waals surface area contributed by atoms with Gasteiger partial charge in [-0.05, 0) is 143 Å². The maximum atomic E-state index is 2.50. The van der Waals surface area contributed by atoms with Crippen LogP contribution in [0, 0.1) is 0 Å². The van der Waals surface area contributed by atoms with Crippen LogP contribution in [0.25, 0.3) is 66.8 Å². The number of anilines is 3. The van der Waals surface area contributed by atoms with Crippen molar-refractivity contribution >= 4 is 17.1 Å². The molecule has 336 valence electrons. The van der Waals surface area contributed by atoms with Gasteiger partial charge in [0.05, 0.1) is 5.41 Å². The highest BCUT2D eigenvalue weighted by Crippen LogP contribution is 2.59. The average Bonchev–Trinajstić information content (AvgIpc) is 3.86. The molecule has 1 atom stereocenters. The molecule has 1 unspecified atom stereocenters. The van der Waals surface area contributed by atoms with Crippen LogP contribution in [0.15, 0.2) is 273 Å². The van der Waals surface area contributed by atoms with E-state index in [2.05, 4.69) is 292 Å². The summed E-state index contributed by atoms with van der Waals surface area (Å²) < 4.78 is 0. The molecule has 1 heteroatoms. The minimum absolute atomic E-state index is 0.154. The maximum Gasteiger partial charge on any atom is 0.0714 e. The summed E-state index contributed by atoms with van der Waals surface area (Å²) in [7, 11) is 0. The molecule has 11 aromatic carbocycles. The third-order valence-electron chi connectivity index (χ3n) is 15.4. The first-order valence-corrected chi connectivity index (χ1v) is 24.8. The summed E-state index contributed by atoms with van der Waals surface area (Å²) in [4.78, 5) is 2.48. The molecule has 0 fully saturated rings. The molecule has 1 nitrogen and oxygen atoms in total. The molecule has 0 aliphatic heterocycles. The second kappa shape index (κ2) is 17.0. The summed E-state index contributed by atoms with van der Waals surface area (Å²) in [6, 6.07) is 101. The largest absolute Gasteiger partial charge is 0.310 e. The number of hydrogen-bond acceptors (Lipinski definition) is 1. The zero-order chi connectivity index (χ0) is 47.5. The van der Waals surface area contributed by atoms with Gasteiger partial charge in [-0.15, -0.1) is 0 Å². The highest BCUT2D eigenvalue weighted by molar-refractivity contribution is 5.92. The zero-order valence-electron chi connectivity index (χ0n) is 39.9.